The lowest BCUT2D eigenvalue weighted by Crippen LogP contribution is -2.76. The van der Waals surface area contributed by atoms with E-state index < -0.39 is 55.3 Å². The highest BCUT2D eigenvalue weighted by atomic mass is 28.4. The zero-order valence-electron chi connectivity index (χ0n) is 27.4. The van der Waals surface area contributed by atoms with Crippen molar-refractivity contribution in [2.75, 3.05) is 27.1 Å². The molecule has 0 unspecified atom stereocenters. The monoisotopic (exact) mass is 639 g/mol. The molecule has 1 spiro atoms. The molecule has 0 aromatic heterocycles. The zero-order chi connectivity index (χ0) is 32.7. The lowest BCUT2D eigenvalue weighted by molar-refractivity contribution is -0.274. The van der Waals surface area contributed by atoms with Gasteiger partial charge in [-0.15, -0.1) is 0 Å². The van der Waals surface area contributed by atoms with Crippen molar-refractivity contribution in [1.29, 1.82) is 0 Å². The average Bonchev–Trinajstić information content (AvgIpc) is 3.51. The summed E-state index contributed by atoms with van der Waals surface area (Å²) in [6.45, 7) is 13.6. The van der Waals surface area contributed by atoms with Crippen LogP contribution in [0.15, 0.2) is 65.8 Å². The summed E-state index contributed by atoms with van der Waals surface area (Å²) in [5, 5.41) is 5.97. The van der Waals surface area contributed by atoms with E-state index in [1.165, 1.54) is 7.11 Å². The van der Waals surface area contributed by atoms with Crippen molar-refractivity contribution in [2.24, 2.45) is 11.0 Å². The number of aldehydes is 1. The maximum atomic E-state index is 13.4. The molecule has 11 nitrogen and oxygen atoms in total. The van der Waals surface area contributed by atoms with E-state index in [1.54, 1.807) is 13.8 Å². The van der Waals surface area contributed by atoms with Crippen LogP contribution in [0.4, 0.5) is 0 Å². The van der Waals surface area contributed by atoms with Gasteiger partial charge in [0.05, 0.1) is 6.61 Å². The number of hydrogen-bond acceptors (Lipinski definition) is 9. The lowest BCUT2D eigenvalue weighted by atomic mass is 9.62. The molecule has 45 heavy (non-hydrogen) atoms. The van der Waals surface area contributed by atoms with E-state index in [2.05, 4.69) is 55.1 Å². The van der Waals surface area contributed by atoms with Gasteiger partial charge in [0.1, 0.15) is 36.9 Å². The van der Waals surface area contributed by atoms with Gasteiger partial charge in [-0.05, 0) is 48.6 Å². The van der Waals surface area contributed by atoms with Crippen LogP contribution in [0, 0.1) is 5.92 Å². The number of ether oxygens (including phenoxy) is 6. The van der Waals surface area contributed by atoms with Gasteiger partial charge in [-0.3, -0.25) is 0 Å². The molecule has 0 bridgehead atoms. The summed E-state index contributed by atoms with van der Waals surface area (Å²) < 4.78 is 45.0. The van der Waals surface area contributed by atoms with E-state index in [-0.39, 0.29) is 25.0 Å². The van der Waals surface area contributed by atoms with Crippen LogP contribution in [-0.2, 0) is 37.6 Å². The molecule has 2 aliphatic heterocycles. The van der Waals surface area contributed by atoms with Gasteiger partial charge in [0.2, 0.25) is 0 Å². The van der Waals surface area contributed by atoms with Gasteiger partial charge in [0.25, 0.3) is 8.32 Å². The maximum absolute atomic E-state index is 13.4. The van der Waals surface area contributed by atoms with E-state index in [0.29, 0.717) is 6.29 Å². The standard InChI is InChI=1S/C33H45N3O8Si/c1-29(2,3)45(23-15-11-9-12-16-23,24-17-13-10-14-18-24)41-19-25-26(39-22-38-8)33(21-40-30(4,5)44-33)28-27(42-31(6,7)43-28)32(25,20-37)35-36-34/h9-18,20,25-28H,19,21-22H2,1-8H3/t25-,26+,27+,28-,32+,33-/m0/s1. The van der Waals surface area contributed by atoms with Crippen LogP contribution in [0.2, 0.25) is 5.04 Å². The molecule has 1 aliphatic carbocycles. The molecule has 2 saturated heterocycles. The first-order valence-electron chi connectivity index (χ1n) is 15.3. The molecule has 2 heterocycles. The largest absolute Gasteiger partial charge is 0.407 e. The van der Waals surface area contributed by atoms with Crippen molar-refractivity contribution in [1.82, 2.24) is 0 Å². The number of carbonyl (C=O) groups excluding carboxylic acids is 1. The molecule has 3 fully saturated rings. The molecule has 2 aromatic rings. The molecule has 0 radical (unpaired) electrons. The average molecular weight is 640 g/mol. The smallest absolute Gasteiger partial charge is 0.261 e. The first-order chi connectivity index (χ1) is 21.2. The van der Waals surface area contributed by atoms with Gasteiger partial charge in [-0.2, -0.15) is 0 Å². The van der Waals surface area contributed by atoms with E-state index in [0.717, 1.165) is 10.4 Å². The van der Waals surface area contributed by atoms with Crippen molar-refractivity contribution in [2.45, 2.75) is 94.5 Å². The van der Waals surface area contributed by atoms with Crippen LogP contribution < -0.4 is 10.4 Å². The summed E-state index contributed by atoms with van der Waals surface area (Å²) in [5.74, 6) is -3.02. The summed E-state index contributed by atoms with van der Waals surface area (Å²) >= 11 is 0. The quantitative estimate of drug-likeness (QED) is 0.0930. The van der Waals surface area contributed by atoms with Gasteiger partial charge in [-0.25, -0.2) is 0 Å². The maximum Gasteiger partial charge on any atom is 0.261 e. The molecule has 3 aliphatic rings. The van der Waals surface area contributed by atoms with E-state index >= 15 is 0 Å². The number of rotatable bonds is 10. The molecule has 1 saturated carbocycles. The van der Waals surface area contributed by atoms with Crippen LogP contribution in [0.25, 0.3) is 10.4 Å². The molecule has 0 amide bonds. The number of azide groups is 1. The highest BCUT2D eigenvalue weighted by molar-refractivity contribution is 6.99. The van der Waals surface area contributed by atoms with Crippen molar-refractivity contribution in [3.63, 3.8) is 0 Å². The normalized spacial score (nSPS) is 32.2. The predicted molar refractivity (Wildman–Crippen MR) is 169 cm³/mol. The Morgan fingerprint density at radius 3 is 2.02 bits per heavy atom. The Kier molecular flexibility index (Phi) is 9.13. The summed E-state index contributed by atoms with van der Waals surface area (Å²) in [4.78, 5) is 16.6. The highest BCUT2D eigenvalue weighted by Crippen LogP contribution is 2.56. The fraction of sp³-hybridized carbons (Fsp3) is 0.606. The number of hydrogen-bond donors (Lipinski definition) is 0. The SMILES string of the molecule is COCO[C@@H]1[C@H](CO[Si](c2ccccc2)(c2ccccc2)C(C)(C)C)[C@@](C=O)(N=[N+]=[N-])[C@@H]2OC(C)(C)O[C@@H]2[C@]12COC(C)(C)O2. The Hall–Kier alpha value is -2.64. The van der Waals surface area contributed by atoms with Crippen LogP contribution >= 0.6 is 0 Å². The number of benzene rings is 2. The van der Waals surface area contributed by atoms with Crippen LogP contribution in [0.1, 0.15) is 48.5 Å². The number of methoxy groups -OCH3 is 1. The van der Waals surface area contributed by atoms with E-state index in [1.807, 2.05) is 50.2 Å². The molecular weight excluding hydrogens is 594 g/mol. The van der Waals surface area contributed by atoms with Gasteiger partial charge >= 0.3 is 0 Å². The third-order valence-corrected chi connectivity index (χ3v) is 14.2. The molecule has 0 N–H and O–H groups in total. The van der Waals surface area contributed by atoms with Crippen molar-refractivity contribution in [3.8, 4) is 0 Å². The minimum Gasteiger partial charge on any atom is -0.407 e. The number of nitrogens with zero attached hydrogens (tertiary/aromatic N) is 3. The van der Waals surface area contributed by atoms with Gasteiger partial charge in [0.15, 0.2) is 17.2 Å². The van der Waals surface area contributed by atoms with Gasteiger partial charge in [-0.1, -0.05) is 86.5 Å². The second-order valence-electron chi connectivity index (χ2n) is 14.0. The fourth-order valence-electron chi connectivity index (χ4n) is 7.48. The number of fused-ring (bicyclic) bond motifs is 2. The minimum atomic E-state index is -3.12. The van der Waals surface area contributed by atoms with Crippen LogP contribution in [0.5, 0.6) is 0 Å². The first-order valence-corrected chi connectivity index (χ1v) is 17.2. The van der Waals surface area contributed by atoms with Crippen molar-refractivity contribution in [3.05, 3.63) is 71.1 Å². The van der Waals surface area contributed by atoms with Crippen molar-refractivity contribution >= 4 is 25.0 Å². The minimum absolute atomic E-state index is 0.0298. The third kappa shape index (κ3) is 5.66. The molecule has 244 valence electrons. The zero-order valence-corrected chi connectivity index (χ0v) is 28.4. The van der Waals surface area contributed by atoms with Gasteiger partial charge < -0.3 is 37.6 Å². The third-order valence-electron chi connectivity index (χ3n) is 9.22. The van der Waals surface area contributed by atoms with Crippen LogP contribution in [0.3, 0.4) is 0 Å². The first kappa shape index (κ1) is 33.7. The molecule has 2 aromatic carbocycles. The van der Waals surface area contributed by atoms with E-state index in [4.69, 9.17) is 32.8 Å². The molecule has 5 rings (SSSR count). The molecule has 6 atom stereocenters. The Morgan fingerprint density at radius 1 is 0.978 bits per heavy atom. The van der Waals surface area contributed by atoms with Crippen molar-refractivity contribution < 1.29 is 37.6 Å². The van der Waals surface area contributed by atoms with E-state index in [9.17, 15) is 10.3 Å². The second-order valence-corrected chi connectivity index (χ2v) is 18.3. The fourth-order valence-corrected chi connectivity index (χ4v) is 12.1. The second kappa shape index (κ2) is 12.2. The summed E-state index contributed by atoms with van der Waals surface area (Å²) in [6, 6.07) is 20.4. The topological polar surface area (TPSA) is 130 Å². The Labute approximate surface area is 266 Å². The Bertz CT molecular complexity index is 1360. The Morgan fingerprint density at radius 2 is 1.56 bits per heavy atom. The molecule has 12 heteroatoms. The molecular formula is C33H45N3O8Si. The van der Waals surface area contributed by atoms with Gasteiger partial charge in [0, 0.05) is 24.5 Å². The summed E-state index contributed by atoms with van der Waals surface area (Å²) in [5.41, 5.74) is 6.92. The summed E-state index contributed by atoms with van der Waals surface area (Å²) in [6.07, 6.45) is -2.16. The highest BCUT2D eigenvalue weighted by Gasteiger charge is 2.75. The Balaban J connectivity index is 1.73. The number of carbonyl (C=O) groups is 1. The van der Waals surface area contributed by atoms with Crippen LogP contribution in [-0.4, -0.2) is 82.7 Å². The lowest BCUT2D eigenvalue weighted by Gasteiger charge is -2.55. The summed E-state index contributed by atoms with van der Waals surface area (Å²) in [7, 11) is -1.60. The predicted octanol–water partition coefficient (Wildman–Crippen LogP) is 4.47.